The van der Waals surface area contributed by atoms with Crippen LogP contribution in [0.15, 0.2) is 37.9 Å². The normalized spacial score (nSPS) is 22.7. The highest BCUT2D eigenvalue weighted by Crippen LogP contribution is 2.31. The minimum atomic E-state index is -0.646. The van der Waals surface area contributed by atoms with Crippen LogP contribution in [0, 0.1) is 5.92 Å². The van der Waals surface area contributed by atoms with Crippen LogP contribution in [0.4, 0.5) is 0 Å². The van der Waals surface area contributed by atoms with E-state index in [1.54, 1.807) is 18.2 Å². The molecule has 4 rings (SSSR count). The van der Waals surface area contributed by atoms with E-state index in [1.807, 2.05) is 6.07 Å². The van der Waals surface area contributed by atoms with Crippen molar-refractivity contribution < 1.29 is 13.9 Å². The zero-order valence-corrected chi connectivity index (χ0v) is 17.4. The van der Waals surface area contributed by atoms with Gasteiger partial charge in [-0.2, -0.15) is 0 Å². The van der Waals surface area contributed by atoms with Gasteiger partial charge in [-0.3, -0.25) is 4.90 Å². The number of hydrogen-bond acceptors (Lipinski definition) is 5. The van der Waals surface area contributed by atoms with E-state index in [9.17, 15) is 9.59 Å². The molecule has 5 nitrogen and oxygen atoms in total. The van der Waals surface area contributed by atoms with Gasteiger partial charge in [0.05, 0.1) is 6.61 Å². The number of fused-ring (bicyclic) bond motifs is 2. The van der Waals surface area contributed by atoms with Gasteiger partial charge in [-0.25, -0.2) is 9.59 Å². The molecule has 0 saturated carbocycles. The summed E-state index contributed by atoms with van der Waals surface area (Å²) in [4.78, 5) is 27.2. The van der Waals surface area contributed by atoms with Crippen LogP contribution in [-0.2, 0) is 4.74 Å². The fourth-order valence-corrected chi connectivity index (χ4v) is 4.65. The first-order valence-corrected chi connectivity index (χ1v) is 10.1. The van der Waals surface area contributed by atoms with Crippen molar-refractivity contribution in [2.75, 3.05) is 19.7 Å². The van der Waals surface area contributed by atoms with Crippen molar-refractivity contribution in [2.24, 2.45) is 5.92 Å². The Morgan fingerprint density at radius 1 is 1.19 bits per heavy atom. The van der Waals surface area contributed by atoms with E-state index in [0.717, 1.165) is 30.4 Å². The fraction of sp³-hybridized carbons (Fsp3) is 0.500. The first kappa shape index (κ1) is 20.4. The lowest BCUT2D eigenvalue weighted by Crippen LogP contribution is -2.49. The summed E-state index contributed by atoms with van der Waals surface area (Å²) in [6, 6.07) is 7.38. The van der Waals surface area contributed by atoms with Crippen LogP contribution < -0.4 is 5.63 Å². The van der Waals surface area contributed by atoms with Gasteiger partial charge in [0.25, 0.3) is 0 Å². The van der Waals surface area contributed by atoms with Gasteiger partial charge in [0.15, 0.2) is 0 Å². The SMILES string of the molecule is Cl.O=C(OCC1CCCN2CCCCC12)c1cc2cc(Br)ccc2oc1=O. The van der Waals surface area contributed by atoms with Gasteiger partial charge in [-0.15, -0.1) is 12.4 Å². The van der Waals surface area contributed by atoms with E-state index in [0.29, 0.717) is 29.5 Å². The number of hydrogen-bond donors (Lipinski definition) is 0. The average Bonchev–Trinajstić information content (AvgIpc) is 2.66. The van der Waals surface area contributed by atoms with Crippen molar-refractivity contribution in [1.82, 2.24) is 4.90 Å². The molecule has 2 aliphatic rings. The summed E-state index contributed by atoms with van der Waals surface area (Å²) >= 11 is 3.39. The second kappa shape index (κ2) is 8.76. The molecule has 2 unspecified atom stereocenters. The van der Waals surface area contributed by atoms with Crippen molar-refractivity contribution in [3.05, 3.63) is 44.7 Å². The van der Waals surface area contributed by atoms with E-state index < -0.39 is 11.6 Å². The molecule has 146 valence electrons. The van der Waals surface area contributed by atoms with Crippen LogP contribution in [0.5, 0.6) is 0 Å². The molecule has 0 radical (unpaired) electrons. The molecule has 27 heavy (non-hydrogen) atoms. The average molecular weight is 457 g/mol. The summed E-state index contributed by atoms with van der Waals surface area (Å²) in [5.74, 6) is -0.233. The number of ether oxygens (including phenoxy) is 1. The van der Waals surface area contributed by atoms with Crippen molar-refractivity contribution >= 4 is 45.3 Å². The minimum absolute atomic E-state index is 0. The number of rotatable bonds is 3. The monoisotopic (exact) mass is 455 g/mol. The molecular formula is C20H23BrClNO4. The number of carbonyl (C=O) groups is 1. The maximum Gasteiger partial charge on any atom is 0.351 e. The summed E-state index contributed by atoms with van der Waals surface area (Å²) in [7, 11) is 0. The predicted octanol–water partition coefficient (Wildman–Crippen LogP) is 4.40. The van der Waals surface area contributed by atoms with E-state index in [4.69, 9.17) is 9.15 Å². The van der Waals surface area contributed by atoms with Gasteiger partial charge in [0.2, 0.25) is 0 Å². The first-order chi connectivity index (χ1) is 12.6. The summed E-state index contributed by atoms with van der Waals surface area (Å²) in [6.45, 7) is 2.67. The molecule has 0 aliphatic carbocycles. The number of benzene rings is 1. The maximum atomic E-state index is 12.5. The predicted molar refractivity (Wildman–Crippen MR) is 110 cm³/mol. The molecule has 2 aromatic rings. The van der Waals surface area contributed by atoms with Crippen LogP contribution in [-0.4, -0.2) is 36.6 Å². The first-order valence-electron chi connectivity index (χ1n) is 9.26. The highest BCUT2D eigenvalue weighted by Gasteiger charge is 2.33. The van der Waals surface area contributed by atoms with Gasteiger partial charge >= 0.3 is 11.6 Å². The van der Waals surface area contributed by atoms with Crippen molar-refractivity contribution in [3.8, 4) is 0 Å². The van der Waals surface area contributed by atoms with Gasteiger partial charge in [-0.05, 0) is 63.0 Å². The number of piperidine rings is 2. The van der Waals surface area contributed by atoms with Crippen LogP contribution >= 0.6 is 28.3 Å². The smallest absolute Gasteiger partial charge is 0.351 e. The van der Waals surface area contributed by atoms with Crippen LogP contribution in [0.2, 0.25) is 0 Å². The Labute approximate surface area is 172 Å². The van der Waals surface area contributed by atoms with Gasteiger partial charge < -0.3 is 9.15 Å². The van der Waals surface area contributed by atoms with Crippen LogP contribution in [0.25, 0.3) is 11.0 Å². The van der Waals surface area contributed by atoms with E-state index in [-0.39, 0.29) is 18.0 Å². The highest BCUT2D eigenvalue weighted by molar-refractivity contribution is 9.10. The number of esters is 1. The number of nitrogens with zero attached hydrogens (tertiary/aromatic N) is 1. The fourth-order valence-electron chi connectivity index (χ4n) is 4.27. The lowest BCUT2D eigenvalue weighted by molar-refractivity contribution is 0.00716. The molecule has 0 amide bonds. The minimum Gasteiger partial charge on any atom is -0.462 e. The van der Waals surface area contributed by atoms with Gasteiger partial charge in [0.1, 0.15) is 11.1 Å². The Morgan fingerprint density at radius 3 is 2.85 bits per heavy atom. The molecule has 0 spiro atoms. The third-order valence-electron chi connectivity index (χ3n) is 5.57. The summed E-state index contributed by atoms with van der Waals surface area (Å²) in [5.41, 5.74) is -0.223. The molecule has 0 bridgehead atoms. The Kier molecular flexibility index (Phi) is 6.61. The molecule has 3 heterocycles. The topological polar surface area (TPSA) is 59.8 Å². The largest absolute Gasteiger partial charge is 0.462 e. The molecule has 0 N–H and O–H groups in total. The van der Waals surface area contributed by atoms with Gasteiger partial charge in [0, 0.05) is 21.8 Å². The lowest BCUT2D eigenvalue weighted by Gasteiger charge is -2.44. The van der Waals surface area contributed by atoms with Gasteiger partial charge in [-0.1, -0.05) is 22.4 Å². The summed E-state index contributed by atoms with van der Waals surface area (Å²) < 4.78 is 11.7. The Bertz CT molecular complexity index is 882. The third-order valence-corrected chi connectivity index (χ3v) is 6.06. The maximum absolute atomic E-state index is 12.5. The standard InChI is InChI=1S/C20H22BrNO4.ClH/c21-15-6-7-18-14(10-15)11-16(20(24)26-18)19(23)25-12-13-4-3-9-22-8-2-1-5-17(13)22;/h6-7,10-11,13,17H,1-5,8-9,12H2;1H. The van der Waals surface area contributed by atoms with Crippen LogP contribution in [0.1, 0.15) is 42.5 Å². The molecule has 1 aromatic heterocycles. The molecule has 2 fully saturated rings. The van der Waals surface area contributed by atoms with Crippen LogP contribution in [0.3, 0.4) is 0 Å². The quantitative estimate of drug-likeness (QED) is 0.506. The van der Waals surface area contributed by atoms with Crippen molar-refractivity contribution in [1.29, 1.82) is 0 Å². The summed E-state index contributed by atoms with van der Waals surface area (Å²) in [6.07, 6.45) is 5.90. The van der Waals surface area contributed by atoms with Crippen molar-refractivity contribution in [3.63, 3.8) is 0 Å². The number of carbonyl (C=O) groups excluding carboxylic acids is 1. The molecule has 7 heteroatoms. The molecule has 2 aliphatic heterocycles. The Morgan fingerprint density at radius 2 is 2.00 bits per heavy atom. The third kappa shape index (κ3) is 4.39. The second-order valence-corrected chi connectivity index (χ2v) is 8.15. The highest BCUT2D eigenvalue weighted by atomic mass is 79.9. The molecule has 1 aromatic carbocycles. The molecule has 2 saturated heterocycles. The lowest BCUT2D eigenvalue weighted by atomic mass is 9.84. The molecular weight excluding hydrogens is 434 g/mol. The Hall–Kier alpha value is -1.37. The van der Waals surface area contributed by atoms with Crippen molar-refractivity contribution in [2.45, 2.75) is 38.1 Å². The zero-order valence-electron chi connectivity index (χ0n) is 15.0. The number of halogens is 2. The van der Waals surface area contributed by atoms with E-state index in [2.05, 4.69) is 20.8 Å². The zero-order chi connectivity index (χ0) is 18.1. The second-order valence-electron chi connectivity index (χ2n) is 7.23. The van der Waals surface area contributed by atoms with E-state index in [1.165, 1.54) is 19.3 Å². The van der Waals surface area contributed by atoms with E-state index >= 15 is 0 Å². The molecule has 2 atom stereocenters. The summed E-state index contributed by atoms with van der Waals surface area (Å²) in [5, 5.41) is 0.696. The Balaban J connectivity index is 0.00000210.